The van der Waals surface area contributed by atoms with E-state index in [4.69, 9.17) is 9.40 Å². The van der Waals surface area contributed by atoms with E-state index in [1.54, 1.807) is 12.5 Å². The quantitative estimate of drug-likeness (QED) is 0.682. The summed E-state index contributed by atoms with van der Waals surface area (Å²) in [5.74, 6) is 0.813. The van der Waals surface area contributed by atoms with Gasteiger partial charge in [-0.05, 0) is 37.1 Å². The van der Waals surface area contributed by atoms with E-state index >= 15 is 0 Å². The average molecular weight is 348 g/mol. The predicted molar refractivity (Wildman–Crippen MR) is 103 cm³/mol. The zero-order valence-electron chi connectivity index (χ0n) is 14.9. The van der Waals surface area contributed by atoms with Gasteiger partial charge in [0.25, 0.3) is 0 Å². The number of nitrogens with zero attached hydrogens (tertiary/aromatic N) is 4. The highest BCUT2D eigenvalue weighted by Crippen LogP contribution is 2.20. The molecule has 134 valence electrons. The van der Waals surface area contributed by atoms with Crippen LogP contribution in [0.1, 0.15) is 12.0 Å². The van der Waals surface area contributed by atoms with Crippen molar-refractivity contribution in [1.82, 2.24) is 14.9 Å². The normalized spacial score (nSPS) is 15.3. The van der Waals surface area contributed by atoms with Gasteiger partial charge in [-0.3, -0.25) is 4.90 Å². The summed E-state index contributed by atoms with van der Waals surface area (Å²) in [7, 11) is 0. The molecule has 0 radical (unpaired) electrons. The number of furan rings is 1. The molecule has 1 fully saturated rings. The second-order valence-electron chi connectivity index (χ2n) is 6.67. The fourth-order valence-electron chi connectivity index (χ4n) is 3.39. The van der Waals surface area contributed by atoms with Gasteiger partial charge < -0.3 is 9.32 Å². The first-order valence-electron chi connectivity index (χ1n) is 9.25. The minimum Gasteiger partial charge on any atom is -0.472 e. The third kappa shape index (κ3) is 4.11. The van der Waals surface area contributed by atoms with E-state index in [0.717, 1.165) is 56.4 Å². The van der Waals surface area contributed by atoms with E-state index in [9.17, 15) is 0 Å². The molecule has 0 aliphatic carbocycles. The summed E-state index contributed by atoms with van der Waals surface area (Å²) in [4.78, 5) is 14.0. The van der Waals surface area contributed by atoms with Crippen molar-refractivity contribution in [3.63, 3.8) is 0 Å². The van der Waals surface area contributed by atoms with Crippen molar-refractivity contribution in [2.45, 2.75) is 12.8 Å². The zero-order chi connectivity index (χ0) is 17.6. The third-order valence-electron chi connectivity index (χ3n) is 4.90. The molecule has 3 heterocycles. The molecule has 5 nitrogen and oxygen atoms in total. The van der Waals surface area contributed by atoms with Crippen LogP contribution in [0.25, 0.3) is 11.3 Å². The minimum absolute atomic E-state index is 0.813. The zero-order valence-corrected chi connectivity index (χ0v) is 14.9. The van der Waals surface area contributed by atoms with Crippen LogP contribution in [0.3, 0.4) is 0 Å². The van der Waals surface area contributed by atoms with Crippen molar-refractivity contribution >= 4 is 5.95 Å². The Morgan fingerprint density at radius 1 is 0.962 bits per heavy atom. The number of hydrogen-bond donors (Lipinski definition) is 0. The van der Waals surface area contributed by atoms with Crippen LogP contribution >= 0.6 is 0 Å². The molecule has 0 spiro atoms. The van der Waals surface area contributed by atoms with Crippen molar-refractivity contribution in [2.24, 2.45) is 0 Å². The fourth-order valence-corrected chi connectivity index (χ4v) is 3.39. The van der Waals surface area contributed by atoms with Gasteiger partial charge in [-0.25, -0.2) is 9.97 Å². The number of aryl methyl sites for hydroxylation is 1. The lowest BCUT2D eigenvalue weighted by molar-refractivity contribution is 0.254. The Hall–Kier alpha value is -2.66. The molecule has 0 amide bonds. The lowest BCUT2D eigenvalue weighted by Gasteiger charge is -2.34. The maximum Gasteiger partial charge on any atom is 0.225 e. The van der Waals surface area contributed by atoms with Crippen LogP contribution in [0, 0.1) is 0 Å². The first kappa shape index (κ1) is 16.8. The second kappa shape index (κ2) is 8.15. The van der Waals surface area contributed by atoms with Gasteiger partial charge >= 0.3 is 0 Å². The molecule has 1 aliphatic rings. The van der Waals surface area contributed by atoms with Gasteiger partial charge in [-0.2, -0.15) is 0 Å². The minimum atomic E-state index is 0.813. The van der Waals surface area contributed by atoms with Crippen LogP contribution in [0.15, 0.2) is 65.6 Å². The smallest absolute Gasteiger partial charge is 0.225 e. The van der Waals surface area contributed by atoms with E-state index in [-0.39, 0.29) is 0 Å². The Balaban J connectivity index is 1.28. The average Bonchev–Trinajstić information content (AvgIpc) is 3.24. The topological polar surface area (TPSA) is 45.4 Å². The molecular weight excluding hydrogens is 324 g/mol. The maximum absolute atomic E-state index is 5.16. The molecule has 1 aromatic carbocycles. The molecule has 0 N–H and O–H groups in total. The first-order valence-corrected chi connectivity index (χ1v) is 9.25. The van der Waals surface area contributed by atoms with Crippen molar-refractivity contribution in [1.29, 1.82) is 0 Å². The highest BCUT2D eigenvalue weighted by molar-refractivity contribution is 5.58. The van der Waals surface area contributed by atoms with Gasteiger partial charge in [0.1, 0.15) is 0 Å². The standard InChI is InChI=1S/C21H24N4O/c1-2-5-18(6-3-1)7-4-11-24-12-14-25(15-13-24)21-22-10-8-20(23-21)19-9-16-26-17-19/h1-3,5-6,8-10,16-17H,4,7,11-15H2. The summed E-state index contributed by atoms with van der Waals surface area (Å²) < 4.78 is 5.16. The molecular formula is C21H24N4O. The number of benzene rings is 1. The Bertz CT molecular complexity index is 796. The maximum atomic E-state index is 5.16. The van der Waals surface area contributed by atoms with Crippen LogP contribution in [0.5, 0.6) is 0 Å². The molecule has 26 heavy (non-hydrogen) atoms. The number of anilines is 1. The Morgan fingerprint density at radius 2 is 1.81 bits per heavy atom. The molecule has 5 heteroatoms. The van der Waals surface area contributed by atoms with Gasteiger partial charge in [-0.15, -0.1) is 0 Å². The molecule has 2 aromatic heterocycles. The lowest BCUT2D eigenvalue weighted by Crippen LogP contribution is -2.47. The van der Waals surface area contributed by atoms with Crippen LogP contribution in [0.2, 0.25) is 0 Å². The highest BCUT2D eigenvalue weighted by Gasteiger charge is 2.19. The van der Waals surface area contributed by atoms with E-state index in [1.165, 1.54) is 12.0 Å². The van der Waals surface area contributed by atoms with E-state index in [1.807, 2.05) is 18.3 Å². The largest absolute Gasteiger partial charge is 0.472 e. The Kier molecular flexibility index (Phi) is 5.26. The van der Waals surface area contributed by atoms with Gasteiger partial charge in [-0.1, -0.05) is 30.3 Å². The number of hydrogen-bond acceptors (Lipinski definition) is 5. The molecule has 0 bridgehead atoms. The summed E-state index contributed by atoms with van der Waals surface area (Å²) in [6.07, 6.45) is 7.58. The summed E-state index contributed by atoms with van der Waals surface area (Å²) in [5, 5.41) is 0. The molecule has 3 aromatic rings. The molecule has 0 atom stereocenters. The summed E-state index contributed by atoms with van der Waals surface area (Å²) in [6.45, 7) is 5.22. The molecule has 1 aliphatic heterocycles. The van der Waals surface area contributed by atoms with Crippen LogP contribution in [-0.2, 0) is 6.42 Å². The van der Waals surface area contributed by atoms with Crippen molar-refractivity contribution < 1.29 is 4.42 Å². The van der Waals surface area contributed by atoms with Gasteiger partial charge in [0.2, 0.25) is 5.95 Å². The second-order valence-corrected chi connectivity index (χ2v) is 6.67. The van der Waals surface area contributed by atoms with E-state index in [2.05, 4.69) is 45.1 Å². The van der Waals surface area contributed by atoms with Gasteiger partial charge in [0, 0.05) is 37.9 Å². The van der Waals surface area contributed by atoms with Crippen molar-refractivity contribution in [3.05, 3.63) is 66.8 Å². The number of rotatable bonds is 6. The summed E-state index contributed by atoms with van der Waals surface area (Å²) in [5.41, 5.74) is 3.33. The predicted octanol–water partition coefficient (Wildman–Crippen LogP) is 3.49. The Morgan fingerprint density at radius 3 is 2.58 bits per heavy atom. The van der Waals surface area contributed by atoms with Crippen molar-refractivity contribution in [2.75, 3.05) is 37.6 Å². The van der Waals surface area contributed by atoms with Crippen molar-refractivity contribution in [3.8, 4) is 11.3 Å². The lowest BCUT2D eigenvalue weighted by atomic mass is 10.1. The van der Waals surface area contributed by atoms with Crippen LogP contribution in [-0.4, -0.2) is 47.6 Å². The molecule has 0 unspecified atom stereocenters. The fraction of sp³-hybridized carbons (Fsp3) is 0.333. The molecule has 4 rings (SSSR count). The van der Waals surface area contributed by atoms with Gasteiger partial charge in [0.05, 0.1) is 18.2 Å². The molecule has 1 saturated heterocycles. The first-order chi connectivity index (χ1) is 12.9. The summed E-state index contributed by atoms with van der Waals surface area (Å²) >= 11 is 0. The van der Waals surface area contributed by atoms with Gasteiger partial charge in [0.15, 0.2) is 0 Å². The summed E-state index contributed by atoms with van der Waals surface area (Å²) in [6, 6.07) is 14.6. The number of piperazine rings is 1. The van der Waals surface area contributed by atoms with E-state index < -0.39 is 0 Å². The van der Waals surface area contributed by atoms with Crippen LogP contribution in [0.4, 0.5) is 5.95 Å². The number of aromatic nitrogens is 2. The Labute approximate surface area is 154 Å². The third-order valence-corrected chi connectivity index (χ3v) is 4.90. The highest BCUT2D eigenvalue weighted by atomic mass is 16.3. The van der Waals surface area contributed by atoms with Crippen LogP contribution < -0.4 is 4.90 Å². The SMILES string of the molecule is c1ccc(CCCN2CCN(c3nccc(-c4ccoc4)n3)CC2)cc1. The monoisotopic (exact) mass is 348 g/mol. The molecule has 0 saturated carbocycles. The van der Waals surface area contributed by atoms with E-state index in [0.29, 0.717) is 0 Å².